The molecule has 0 saturated heterocycles. The van der Waals surface area contributed by atoms with Crippen LogP contribution in [0.5, 0.6) is 0 Å². The van der Waals surface area contributed by atoms with E-state index in [1.807, 2.05) is 0 Å². The highest BCUT2D eigenvalue weighted by Gasteiger charge is 2.17. The van der Waals surface area contributed by atoms with Crippen LogP contribution in [0.15, 0.2) is 48.2 Å². The molecule has 2 aromatic rings. The third-order valence-corrected chi connectivity index (χ3v) is 5.61. The van der Waals surface area contributed by atoms with Crippen LogP contribution in [0.25, 0.3) is 5.57 Å². The maximum absolute atomic E-state index is 11.4. The highest BCUT2D eigenvalue weighted by atomic mass is 31.2. The zero-order valence-corrected chi connectivity index (χ0v) is 16.8. The normalized spacial score (nSPS) is 12.7. The van der Waals surface area contributed by atoms with Crippen molar-refractivity contribution in [3.05, 3.63) is 64.9 Å². The summed E-state index contributed by atoms with van der Waals surface area (Å²) < 4.78 is 11.4. The predicted octanol–water partition coefficient (Wildman–Crippen LogP) is 5.00. The Morgan fingerprint density at radius 2 is 1.65 bits per heavy atom. The summed E-state index contributed by atoms with van der Waals surface area (Å²) in [5.74, 6) is 0. The van der Waals surface area contributed by atoms with Crippen LogP contribution in [-0.2, 0) is 11.0 Å². The Morgan fingerprint density at radius 3 is 2.15 bits per heavy atom. The van der Waals surface area contributed by atoms with E-state index in [-0.39, 0.29) is 5.30 Å². The molecular weight excluding hydrogens is 345 g/mol. The summed E-state index contributed by atoms with van der Waals surface area (Å²) in [5.41, 5.74) is 6.94. The van der Waals surface area contributed by atoms with E-state index in [4.69, 9.17) is 0 Å². The Labute approximate surface area is 156 Å². The molecule has 2 rings (SSSR count). The largest absolute Gasteiger partial charge is 0.358 e. The fourth-order valence-electron chi connectivity index (χ4n) is 3.18. The molecule has 0 aliphatic rings. The van der Waals surface area contributed by atoms with Crippen molar-refractivity contribution in [2.24, 2.45) is 0 Å². The van der Waals surface area contributed by atoms with Crippen molar-refractivity contribution >= 4 is 24.2 Å². The molecule has 0 bridgehead atoms. The summed E-state index contributed by atoms with van der Waals surface area (Å²) in [5, 5.41) is 3.69. The van der Waals surface area contributed by atoms with Crippen LogP contribution in [0.2, 0.25) is 0 Å². The fraction of sp³-hybridized carbons (Fsp3) is 0.333. The molecule has 5 heteroatoms. The minimum atomic E-state index is -4.21. The zero-order valence-electron chi connectivity index (χ0n) is 15.9. The lowest BCUT2D eigenvalue weighted by molar-refractivity contribution is 0.387. The smallest absolute Gasteiger partial charge is 0.356 e. The van der Waals surface area contributed by atoms with Crippen LogP contribution in [-0.4, -0.2) is 9.79 Å². The molecule has 0 unspecified atom stereocenters. The van der Waals surface area contributed by atoms with Crippen LogP contribution in [0.3, 0.4) is 0 Å². The molecule has 3 N–H and O–H groups in total. The Balaban J connectivity index is 2.47. The second-order valence-corrected chi connectivity index (χ2v) is 7.95. The maximum Gasteiger partial charge on any atom is 0.356 e. The van der Waals surface area contributed by atoms with Gasteiger partial charge in [-0.3, -0.25) is 4.57 Å². The van der Waals surface area contributed by atoms with Crippen LogP contribution >= 0.6 is 7.60 Å². The number of hydrogen-bond acceptors (Lipinski definition) is 2. The van der Waals surface area contributed by atoms with Gasteiger partial charge in [-0.05, 0) is 60.6 Å². The van der Waals surface area contributed by atoms with Crippen LogP contribution in [0.1, 0.15) is 50.3 Å². The molecule has 0 atom stereocenters. The molecule has 0 aliphatic carbocycles. The summed E-state index contributed by atoms with van der Waals surface area (Å²) in [6.45, 7) is 8.47. The van der Waals surface area contributed by atoms with E-state index in [2.05, 4.69) is 51.2 Å². The van der Waals surface area contributed by atoms with Gasteiger partial charge < -0.3 is 15.1 Å². The van der Waals surface area contributed by atoms with Gasteiger partial charge >= 0.3 is 7.60 Å². The minimum Gasteiger partial charge on any atom is -0.358 e. The van der Waals surface area contributed by atoms with E-state index >= 15 is 0 Å². The molecule has 26 heavy (non-hydrogen) atoms. The summed E-state index contributed by atoms with van der Waals surface area (Å²) in [7, 11) is -4.21. The van der Waals surface area contributed by atoms with Crippen molar-refractivity contribution in [1.82, 2.24) is 0 Å². The third kappa shape index (κ3) is 4.64. The van der Waals surface area contributed by atoms with Gasteiger partial charge in [0, 0.05) is 11.4 Å². The molecule has 0 radical (unpaired) electrons. The van der Waals surface area contributed by atoms with E-state index in [0.29, 0.717) is 0 Å². The zero-order chi connectivity index (χ0) is 19.3. The van der Waals surface area contributed by atoms with Gasteiger partial charge in [0.2, 0.25) is 0 Å². The number of aryl methyl sites for hydroxylation is 2. The van der Waals surface area contributed by atoms with Crippen molar-refractivity contribution in [2.45, 2.75) is 47.0 Å². The molecule has 0 aromatic heterocycles. The van der Waals surface area contributed by atoms with Crippen LogP contribution in [0.4, 0.5) is 5.69 Å². The maximum atomic E-state index is 11.4. The number of allylic oxidation sites excluding steroid dienone is 2. The van der Waals surface area contributed by atoms with Crippen LogP contribution in [0, 0.1) is 6.92 Å². The summed E-state index contributed by atoms with van der Waals surface area (Å²) in [6.07, 6.45) is 2.64. The number of nitrogens with one attached hydrogen (secondary N) is 1. The van der Waals surface area contributed by atoms with Crippen molar-refractivity contribution in [2.75, 3.05) is 5.32 Å². The molecule has 0 spiro atoms. The lowest BCUT2D eigenvalue weighted by Crippen LogP contribution is -2.07. The highest BCUT2D eigenvalue weighted by molar-refractivity contribution is 7.60. The number of benzene rings is 2. The summed E-state index contributed by atoms with van der Waals surface area (Å²) in [4.78, 5) is 18.6. The summed E-state index contributed by atoms with van der Waals surface area (Å²) in [6, 6.07) is 13.0. The second kappa shape index (κ2) is 8.68. The molecule has 0 amide bonds. The van der Waals surface area contributed by atoms with E-state index in [9.17, 15) is 14.4 Å². The van der Waals surface area contributed by atoms with E-state index in [0.717, 1.165) is 41.8 Å². The fourth-order valence-corrected chi connectivity index (χ4v) is 3.72. The Morgan fingerprint density at radius 1 is 1.00 bits per heavy atom. The van der Waals surface area contributed by atoms with Crippen molar-refractivity contribution in [3.63, 3.8) is 0 Å². The summed E-state index contributed by atoms with van der Waals surface area (Å²) >= 11 is 0. The van der Waals surface area contributed by atoms with Gasteiger partial charge in [0.25, 0.3) is 0 Å². The molecule has 2 aromatic carbocycles. The highest BCUT2D eigenvalue weighted by Crippen LogP contribution is 2.34. The first-order valence-corrected chi connectivity index (χ1v) is 10.7. The van der Waals surface area contributed by atoms with E-state index in [1.165, 1.54) is 23.3 Å². The minimum absolute atomic E-state index is 0.0508. The number of para-hydroxylation sites is 1. The monoisotopic (exact) mass is 373 g/mol. The van der Waals surface area contributed by atoms with Gasteiger partial charge in [-0.25, -0.2) is 0 Å². The van der Waals surface area contributed by atoms with Crippen molar-refractivity contribution < 1.29 is 14.4 Å². The van der Waals surface area contributed by atoms with E-state index in [1.54, 1.807) is 12.1 Å². The standard InChI is InChI=1S/C21H28NO3P/c1-5-16-10-8-9-15(4)21(16)22-20(7-3)19(6-2)17-11-13-18(14-12-17)26(23,24)25/h8-14,22H,5-7H2,1-4H3,(H2,23,24,25). The Kier molecular flexibility index (Phi) is 6.82. The quantitative estimate of drug-likeness (QED) is 0.597. The molecule has 0 fully saturated rings. The third-order valence-electron chi connectivity index (χ3n) is 4.64. The Hall–Kier alpha value is -1.87. The van der Waals surface area contributed by atoms with E-state index < -0.39 is 7.60 Å². The molecule has 140 valence electrons. The lowest BCUT2D eigenvalue weighted by Gasteiger charge is -2.20. The van der Waals surface area contributed by atoms with Gasteiger partial charge in [-0.2, -0.15) is 0 Å². The van der Waals surface area contributed by atoms with Gasteiger partial charge in [-0.1, -0.05) is 51.1 Å². The van der Waals surface area contributed by atoms with Crippen LogP contribution < -0.4 is 10.6 Å². The van der Waals surface area contributed by atoms with Gasteiger partial charge in [0.15, 0.2) is 0 Å². The van der Waals surface area contributed by atoms with Gasteiger partial charge in [-0.15, -0.1) is 0 Å². The molecular formula is C21H28NO3P. The SMILES string of the molecule is CCC(Nc1c(C)cccc1CC)=C(CC)c1ccc(P(=O)(O)O)cc1. The molecule has 4 nitrogen and oxygen atoms in total. The number of rotatable bonds is 7. The Bertz CT molecular complexity index is 835. The number of anilines is 1. The average molecular weight is 373 g/mol. The first kappa shape index (κ1) is 20.4. The van der Waals surface area contributed by atoms with Gasteiger partial charge in [0.1, 0.15) is 0 Å². The van der Waals surface area contributed by atoms with Crippen molar-refractivity contribution in [1.29, 1.82) is 0 Å². The first-order valence-electron chi connectivity index (χ1n) is 9.05. The molecule has 0 aliphatic heterocycles. The predicted molar refractivity (Wildman–Crippen MR) is 110 cm³/mol. The molecule has 0 heterocycles. The van der Waals surface area contributed by atoms with Gasteiger partial charge in [0.05, 0.1) is 5.30 Å². The lowest BCUT2D eigenvalue weighted by atomic mass is 9.98. The number of hydrogen-bond donors (Lipinski definition) is 3. The average Bonchev–Trinajstić information content (AvgIpc) is 2.62. The topological polar surface area (TPSA) is 69.6 Å². The second-order valence-electron chi connectivity index (χ2n) is 6.34. The van der Waals surface area contributed by atoms with Crippen molar-refractivity contribution in [3.8, 4) is 0 Å². The first-order chi connectivity index (χ1) is 12.3. The molecule has 0 saturated carbocycles.